The molecule has 3 nitrogen and oxygen atoms in total. The Kier molecular flexibility index (Phi) is 2.95. The van der Waals surface area contributed by atoms with Crippen molar-refractivity contribution in [2.24, 2.45) is 0 Å². The molecule has 0 unspecified atom stereocenters. The van der Waals surface area contributed by atoms with Gasteiger partial charge in [-0.25, -0.2) is 0 Å². The molecule has 2 aromatic heterocycles. The average molecular weight is 253 g/mol. The number of methoxy groups -OCH3 is 1. The molecule has 0 amide bonds. The van der Waals surface area contributed by atoms with Gasteiger partial charge in [-0.15, -0.1) is 0 Å². The monoisotopic (exact) mass is 253 g/mol. The van der Waals surface area contributed by atoms with Crippen LogP contribution in [0.25, 0.3) is 16.3 Å². The van der Waals surface area contributed by atoms with Crippen molar-refractivity contribution in [3.63, 3.8) is 0 Å². The van der Waals surface area contributed by atoms with E-state index >= 15 is 0 Å². The van der Waals surface area contributed by atoms with Gasteiger partial charge in [0.1, 0.15) is 0 Å². The Morgan fingerprint density at radius 2 is 1.84 bits per heavy atom. The normalized spacial score (nSPS) is 11.0. The number of carbonyl (C=O) groups excluding carboxylic acids is 1. The Balaban J connectivity index is 2.16. The molecule has 0 radical (unpaired) electrons. The zero-order chi connectivity index (χ0) is 13.2. The number of hydrogen-bond acceptors (Lipinski definition) is 2. The predicted molar refractivity (Wildman–Crippen MR) is 75.2 cm³/mol. The second-order valence-electron chi connectivity index (χ2n) is 4.52. The summed E-state index contributed by atoms with van der Waals surface area (Å²) < 4.78 is 6.88. The highest BCUT2D eigenvalue weighted by Crippen LogP contribution is 2.27. The lowest BCUT2D eigenvalue weighted by Crippen LogP contribution is -2.03. The maximum atomic E-state index is 11.3. The summed E-state index contributed by atoms with van der Waals surface area (Å²) in [5.41, 5.74) is 2.34. The van der Waals surface area contributed by atoms with E-state index in [1.807, 2.05) is 30.5 Å². The minimum absolute atomic E-state index is 0.171. The molecular weight excluding hydrogens is 238 g/mol. The summed E-state index contributed by atoms with van der Waals surface area (Å²) in [6, 6.07) is 14.4. The highest BCUT2D eigenvalue weighted by atomic mass is 16.5. The van der Waals surface area contributed by atoms with Crippen LogP contribution in [0.5, 0.6) is 0 Å². The molecule has 0 spiro atoms. The fourth-order valence-corrected chi connectivity index (χ4v) is 2.56. The van der Waals surface area contributed by atoms with Crippen molar-refractivity contribution >= 4 is 22.3 Å². The SMILES string of the molecule is COC(=O)CCc1c2ccccc2c2ccccn12. The molecular formula is C16H15NO2. The Hall–Kier alpha value is -2.29. The molecule has 2 heterocycles. The van der Waals surface area contributed by atoms with Crippen LogP contribution in [0.1, 0.15) is 12.1 Å². The van der Waals surface area contributed by atoms with Crippen LogP contribution in [0.15, 0.2) is 48.7 Å². The first kappa shape index (κ1) is 11.8. The summed E-state index contributed by atoms with van der Waals surface area (Å²) in [5, 5.41) is 2.43. The fraction of sp³-hybridized carbons (Fsp3) is 0.188. The number of fused-ring (bicyclic) bond motifs is 3. The summed E-state index contributed by atoms with van der Waals surface area (Å²) in [7, 11) is 1.43. The smallest absolute Gasteiger partial charge is 0.305 e. The summed E-state index contributed by atoms with van der Waals surface area (Å²) in [4.78, 5) is 11.3. The van der Waals surface area contributed by atoms with Crippen LogP contribution >= 0.6 is 0 Å². The molecule has 3 rings (SSSR count). The van der Waals surface area contributed by atoms with E-state index in [1.54, 1.807) is 0 Å². The Morgan fingerprint density at radius 1 is 1.11 bits per heavy atom. The quantitative estimate of drug-likeness (QED) is 0.671. The number of aromatic nitrogens is 1. The van der Waals surface area contributed by atoms with Gasteiger partial charge in [0, 0.05) is 22.7 Å². The molecule has 0 aliphatic heterocycles. The van der Waals surface area contributed by atoms with Crippen molar-refractivity contribution < 1.29 is 9.53 Å². The standard InChI is InChI=1S/C16H15NO2/c1-19-16(18)10-9-15-13-7-3-2-6-12(13)14-8-4-5-11-17(14)15/h2-8,11H,9-10H2,1H3. The van der Waals surface area contributed by atoms with Crippen LogP contribution in [0.2, 0.25) is 0 Å². The third-order valence-corrected chi connectivity index (χ3v) is 3.46. The van der Waals surface area contributed by atoms with Crippen molar-refractivity contribution in [1.29, 1.82) is 0 Å². The third-order valence-electron chi connectivity index (χ3n) is 3.46. The lowest BCUT2D eigenvalue weighted by molar-refractivity contribution is -0.140. The largest absolute Gasteiger partial charge is 0.469 e. The van der Waals surface area contributed by atoms with Gasteiger partial charge in [-0.2, -0.15) is 0 Å². The number of nitrogens with zero attached hydrogens (tertiary/aromatic N) is 1. The van der Waals surface area contributed by atoms with E-state index in [0.717, 1.165) is 5.69 Å². The first-order valence-electron chi connectivity index (χ1n) is 6.35. The first-order valence-corrected chi connectivity index (χ1v) is 6.35. The number of carbonyl (C=O) groups is 1. The average Bonchev–Trinajstić information content (AvgIpc) is 2.79. The second-order valence-corrected chi connectivity index (χ2v) is 4.52. The Bertz CT molecular complexity index is 689. The topological polar surface area (TPSA) is 30.7 Å². The Labute approximate surface area is 111 Å². The van der Waals surface area contributed by atoms with Gasteiger partial charge < -0.3 is 9.14 Å². The summed E-state index contributed by atoms with van der Waals surface area (Å²) in [6.45, 7) is 0. The molecule has 0 aliphatic carbocycles. The molecule has 0 aliphatic rings. The van der Waals surface area contributed by atoms with E-state index in [4.69, 9.17) is 4.74 Å². The van der Waals surface area contributed by atoms with Crippen molar-refractivity contribution in [2.75, 3.05) is 7.11 Å². The zero-order valence-corrected chi connectivity index (χ0v) is 10.8. The molecule has 96 valence electrons. The molecule has 19 heavy (non-hydrogen) atoms. The van der Waals surface area contributed by atoms with E-state index in [9.17, 15) is 4.79 Å². The van der Waals surface area contributed by atoms with Gasteiger partial charge in [0.15, 0.2) is 0 Å². The second kappa shape index (κ2) is 4.76. The summed E-state index contributed by atoms with van der Waals surface area (Å²) >= 11 is 0. The maximum absolute atomic E-state index is 11.3. The number of aryl methyl sites for hydroxylation is 1. The van der Waals surface area contributed by atoms with Crippen LogP contribution in [0.3, 0.4) is 0 Å². The number of esters is 1. The number of ether oxygens (including phenoxy) is 1. The number of pyridine rings is 1. The van der Waals surface area contributed by atoms with Crippen LogP contribution in [-0.4, -0.2) is 17.5 Å². The lowest BCUT2D eigenvalue weighted by atomic mass is 10.1. The van der Waals surface area contributed by atoms with Gasteiger partial charge in [0.2, 0.25) is 0 Å². The molecule has 0 fully saturated rings. The van der Waals surface area contributed by atoms with Crippen molar-refractivity contribution in [3.05, 3.63) is 54.4 Å². The van der Waals surface area contributed by atoms with Gasteiger partial charge in [-0.3, -0.25) is 4.79 Å². The lowest BCUT2D eigenvalue weighted by Gasteiger charge is -2.02. The van der Waals surface area contributed by atoms with Gasteiger partial charge in [-0.1, -0.05) is 30.3 Å². The van der Waals surface area contributed by atoms with Crippen molar-refractivity contribution in [1.82, 2.24) is 4.40 Å². The minimum Gasteiger partial charge on any atom is -0.469 e. The first-order chi connectivity index (χ1) is 9.31. The van der Waals surface area contributed by atoms with E-state index in [2.05, 4.69) is 22.6 Å². The molecule has 0 saturated carbocycles. The van der Waals surface area contributed by atoms with E-state index < -0.39 is 0 Å². The minimum atomic E-state index is -0.171. The van der Waals surface area contributed by atoms with Gasteiger partial charge >= 0.3 is 5.97 Å². The highest BCUT2D eigenvalue weighted by molar-refractivity contribution is 5.99. The molecule has 3 heteroatoms. The van der Waals surface area contributed by atoms with Crippen LogP contribution < -0.4 is 0 Å². The number of benzene rings is 1. The molecule has 0 N–H and O–H groups in total. The van der Waals surface area contributed by atoms with Gasteiger partial charge in [-0.05, 0) is 18.6 Å². The molecule has 0 atom stereocenters. The van der Waals surface area contributed by atoms with Crippen LogP contribution in [-0.2, 0) is 16.0 Å². The van der Waals surface area contributed by atoms with Crippen molar-refractivity contribution in [3.8, 4) is 0 Å². The third kappa shape index (κ3) is 1.97. The van der Waals surface area contributed by atoms with Crippen LogP contribution in [0, 0.1) is 0 Å². The van der Waals surface area contributed by atoms with Crippen LogP contribution in [0.4, 0.5) is 0 Å². The molecule has 0 saturated heterocycles. The summed E-state index contributed by atoms with van der Waals surface area (Å²) in [6.07, 6.45) is 3.13. The maximum Gasteiger partial charge on any atom is 0.305 e. The number of hydrogen-bond donors (Lipinski definition) is 0. The fourth-order valence-electron chi connectivity index (χ4n) is 2.56. The predicted octanol–water partition coefficient (Wildman–Crippen LogP) is 3.20. The van der Waals surface area contributed by atoms with E-state index in [-0.39, 0.29) is 5.97 Å². The van der Waals surface area contributed by atoms with Gasteiger partial charge in [0.05, 0.1) is 19.0 Å². The van der Waals surface area contributed by atoms with Gasteiger partial charge in [0.25, 0.3) is 0 Å². The van der Waals surface area contributed by atoms with Crippen molar-refractivity contribution in [2.45, 2.75) is 12.8 Å². The molecule has 0 bridgehead atoms. The number of rotatable bonds is 3. The Morgan fingerprint density at radius 3 is 2.63 bits per heavy atom. The zero-order valence-electron chi connectivity index (χ0n) is 10.8. The van der Waals surface area contributed by atoms with E-state index in [1.165, 1.54) is 23.4 Å². The van der Waals surface area contributed by atoms with E-state index in [0.29, 0.717) is 12.8 Å². The molecule has 3 aromatic rings. The summed E-state index contributed by atoms with van der Waals surface area (Å²) in [5.74, 6) is -0.171. The molecule has 1 aromatic carbocycles. The highest BCUT2D eigenvalue weighted by Gasteiger charge is 2.11.